The summed E-state index contributed by atoms with van der Waals surface area (Å²) in [4.78, 5) is 14.1. The van der Waals surface area contributed by atoms with Crippen molar-refractivity contribution in [2.24, 2.45) is 0 Å². The minimum atomic E-state index is -3.29. The number of sulfonamides is 1. The monoisotopic (exact) mass is 474 g/mol. The van der Waals surface area contributed by atoms with Crippen LogP contribution in [0, 0.1) is 0 Å². The van der Waals surface area contributed by atoms with E-state index in [4.69, 9.17) is 0 Å². The minimum Gasteiger partial charge on any atom is -0.303 e. The van der Waals surface area contributed by atoms with Gasteiger partial charge in [0.1, 0.15) is 5.82 Å². The van der Waals surface area contributed by atoms with Crippen molar-refractivity contribution in [2.45, 2.75) is 36.9 Å². The Morgan fingerprint density at radius 3 is 2.81 bits per heavy atom. The quantitative estimate of drug-likeness (QED) is 0.367. The molecule has 10 heteroatoms. The van der Waals surface area contributed by atoms with Gasteiger partial charge < -0.3 is 4.57 Å². The van der Waals surface area contributed by atoms with Gasteiger partial charge in [0, 0.05) is 29.4 Å². The molecule has 0 N–H and O–H groups in total. The molecular formula is C21H22N4O3S3. The molecule has 5 rings (SSSR count). The molecule has 0 unspecified atom stereocenters. The van der Waals surface area contributed by atoms with Gasteiger partial charge in [0.25, 0.3) is 0 Å². The summed E-state index contributed by atoms with van der Waals surface area (Å²) in [6.45, 7) is 0.429. The maximum atomic E-state index is 12.8. The molecule has 2 aromatic heterocycles. The molecule has 1 aliphatic heterocycles. The second kappa shape index (κ2) is 8.07. The number of aromatic nitrogens is 3. The van der Waals surface area contributed by atoms with Gasteiger partial charge >= 0.3 is 0 Å². The molecule has 162 valence electrons. The molecule has 1 aliphatic carbocycles. The van der Waals surface area contributed by atoms with Crippen LogP contribution < -0.4 is 4.31 Å². The van der Waals surface area contributed by atoms with Crippen LogP contribution in [0.2, 0.25) is 0 Å². The van der Waals surface area contributed by atoms with Crippen LogP contribution in [0.1, 0.15) is 45.5 Å². The van der Waals surface area contributed by atoms with Gasteiger partial charge in [-0.3, -0.25) is 9.10 Å². The van der Waals surface area contributed by atoms with Crippen LogP contribution in [0.5, 0.6) is 0 Å². The Kier molecular flexibility index (Phi) is 5.39. The van der Waals surface area contributed by atoms with E-state index in [2.05, 4.69) is 26.2 Å². The molecule has 0 atom stereocenters. The first-order valence-corrected chi connectivity index (χ1v) is 13.8. The molecule has 3 aromatic rings. The lowest BCUT2D eigenvalue weighted by molar-refractivity contribution is 0.102. The summed E-state index contributed by atoms with van der Waals surface area (Å²) in [5.74, 6) is 1.24. The Hall–Kier alpha value is -2.17. The first-order valence-electron chi connectivity index (χ1n) is 10.1. The van der Waals surface area contributed by atoms with Crippen LogP contribution in [0.4, 0.5) is 5.69 Å². The van der Waals surface area contributed by atoms with Crippen LogP contribution in [-0.4, -0.2) is 47.5 Å². The van der Waals surface area contributed by atoms with E-state index >= 15 is 0 Å². The molecule has 0 amide bonds. The third kappa shape index (κ3) is 4.28. The maximum absolute atomic E-state index is 12.8. The first-order chi connectivity index (χ1) is 14.9. The zero-order valence-electron chi connectivity index (χ0n) is 17.0. The minimum absolute atomic E-state index is 0.00996. The normalized spacial score (nSPS) is 16.0. The largest absolute Gasteiger partial charge is 0.303 e. The Balaban J connectivity index is 1.30. The van der Waals surface area contributed by atoms with E-state index in [1.807, 2.05) is 12.1 Å². The molecule has 3 heterocycles. The van der Waals surface area contributed by atoms with Gasteiger partial charge in [-0.1, -0.05) is 17.8 Å². The van der Waals surface area contributed by atoms with E-state index in [9.17, 15) is 13.2 Å². The fourth-order valence-electron chi connectivity index (χ4n) is 3.90. The summed E-state index contributed by atoms with van der Waals surface area (Å²) in [5.41, 5.74) is 2.19. The molecule has 0 spiro atoms. The van der Waals surface area contributed by atoms with Gasteiger partial charge in [-0.2, -0.15) is 0 Å². The second-order valence-corrected chi connectivity index (χ2v) is 11.8. The van der Waals surface area contributed by atoms with Crippen molar-refractivity contribution in [3.05, 3.63) is 57.5 Å². The summed E-state index contributed by atoms with van der Waals surface area (Å²) in [6, 6.07) is 9.87. The van der Waals surface area contributed by atoms with Crippen molar-refractivity contribution < 1.29 is 13.2 Å². The van der Waals surface area contributed by atoms with Crippen LogP contribution in [-0.2, 0) is 22.9 Å². The molecule has 0 bridgehead atoms. The predicted octanol–water partition coefficient (Wildman–Crippen LogP) is 3.56. The van der Waals surface area contributed by atoms with E-state index in [0.29, 0.717) is 30.3 Å². The fourth-order valence-corrected chi connectivity index (χ4v) is 6.48. The average molecular weight is 475 g/mol. The summed E-state index contributed by atoms with van der Waals surface area (Å²) in [5, 5.41) is 11.6. The highest BCUT2D eigenvalue weighted by Crippen LogP contribution is 2.39. The molecule has 0 radical (unpaired) electrons. The highest BCUT2D eigenvalue weighted by Gasteiger charge is 2.30. The van der Waals surface area contributed by atoms with E-state index < -0.39 is 10.0 Å². The van der Waals surface area contributed by atoms with Crippen LogP contribution in [0.15, 0.2) is 40.9 Å². The summed E-state index contributed by atoms with van der Waals surface area (Å²) < 4.78 is 27.4. The summed E-state index contributed by atoms with van der Waals surface area (Å²) in [6.07, 6.45) is 4.84. The molecule has 1 aromatic carbocycles. The first kappa shape index (κ1) is 20.7. The Morgan fingerprint density at radius 1 is 1.26 bits per heavy atom. The predicted molar refractivity (Wildman–Crippen MR) is 123 cm³/mol. The van der Waals surface area contributed by atoms with Gasteiger partial charge in [-0.25, -0.2) is 8.42 Å². The lowest BCUT2D eigenvalue weighted by Crippen LogP contribution is -2.27. The van der Waals surface area contributed by atoms with Crippen molar-refractivity contribution >= 4 is 44.6 Å². The number of nitrogens with zero attached hydrogens (tertiary/aromatic N) is 4. The van der Waals surface area contributed by atoms with Crippen molar-refractivity contribution in [2.75, 3.05) is 22.9 Å². The van der Waals surface area contributed by atoms with E-state index in [1.54, 1.807) is 23.5 Å². The van der Waals surface area contributed by atoms with Crippen LogP contribution in [0.25, 0.3) is 0 Å². The third-order valence-electron chi connectivity index (χ3n) is 5.55. The van der Waals surface area contributed by atoms with E-state index in [0.717, 1.165) is 35.8 Å². The van der Waals surface area contributed by atoms with Crippen LogP contribution >= 0.6 is 23.1 Å². The zero-order chi connectivity index (χ0) is 21.6. The van der Waals surface area contributed by atoms with E-state index in [-0.39, 0.29) is 11.5 Å². The number of thioether (sulfide) groups is 1. The Bertz CT molecular complexity index is 1230. The van der Waals surface area contributed by atoms with Gasteiger partial charge in [0.05, 0.1) is 17.7 Å². The lowest BCUT2D eigenvalue weighted by atomic mass is 10.1. The molecule has 31 heavy (non-hydrogen) atoms. The molecule has 7 nitrogen and oxygen atoms in total. The Morgan fingerprint density at radius 2 is 2.10 bits per heavy atom. The smallest absolute Gasteiger partial charge is 0.232 e. The number of carbonyl (C=O) groups excluding carboxylic acids is 1. The molecular weight excluding hydrogens is 452 g/mol. The SMILES string of the molecule is CS(=O)(=O)N1CCc2cc(C(=O)CSc3nnc(Cc4cccs4)n3C3CC3)ccc21. The number of fused-ring (bicyclic) bond motifs is 1. The zero-order valence-corrected chi connectivity index (χ0v) is 19.5. The van der Waals surface area contributed by atoms with Crippen molar-refractivity contribution in [3.63, 3.8) is 0 Å². The third-order valence-corrected chi connectivity index (χ3v) is 8.55. The van der Waals surface area contributed by atoms with Gasteiger partial charge in [0.15, 0.2) is 10.9 Å². The number of Topliss-reactive ketones (excluding diaryl/α,β-unsaturated/α-hetero) is 1. The molecule has 0 saturated heterocycles. The Labute approximate surface area is 189 Å². The van der Waals surface area contributed by atoms with Gasteiger partial charge in [-0.05, 0) is 54.5 Å². The highest BCUT2D eigenvalue weighted by molar-refractivity contribution is 7.99. The number of ketones is 1. The molecule has 2 aliphatic rings. The number of anilines is 1. The molecule has 1 saturated carbocycles. The number of rotatable bonds is 8. The lowest BCUT2D eigenvalue weighted by Gasteiger charge is -2.16. The topological polar surface area (TPSA) is 85.2 Å². The van der Waals surface area contributed by atoms with Crippen molar-refractivity contribution in [1.29, 1.82) is 0 Å². The summed E-state index contributed by atoms with van der Waals surface area (Å²) >= 11 is 3.14. The number of hydrogen-bond donors (Lipinski definition) is 0. The number of benzene rings is 1. The van der Waals surface area contributed by atoms with Gasteiger partial charge in [0.2, 0.25) is 10.0 Å². The van der Waals surface area contributed by atoms with Crippen molar-refractivity contribution in [1.82, 2.24) is 14.8 Å². The summed E-state index contributed by atoms with van der Waals surface area (Å²) in [7, 11) is -3.29. The highest BCUT2D eigenvalue weighted by atomic mass is 32.2. The standard InChI is InChI=1S/C21H22N4O3S3/c1-31(27,28)24-9-8-14-11-15(4-7-18(14)24)19(26)13-30-21-23-22-20(25(21)16-5-6-16)12-17-3-2-10-29-17/h2-4,7,10-11,16H,5-6,8-9,12-13H2,1H3. The number of carbonyl (C=O) groups is 1. The van der Waals surface area contributed by atoms with Gasteiger partial charge in [-0.15, -0.1) is 21.5 Å². The van der Waals surface area contributed by atoms with E-state index in [1.165, 1.54) is 27.2 Å². The average Bonchev–Trinajstić information content (AvgIpc) is 3.14. The number of hydrogen-bond acceptors (Lipinski definition) is 7. The maximum Gasteiger partial charge on any atom is 0.232 e. The second-order valence-electron chi connectivity index (χ2n) is 7.90. The molecule has 1 fully saturated rings. The number of thiophene rings is 1. The van der Waals surface area contributed by atoms with Crippen LogP contribution in [0.3, 0.4) is 0 Å². The fraction of sp³-hybridized carbons (Fsp3) is 0.381. The van der Waals surface area contributed by atoms with Crippen molar-refractivity contribution in [3.8, 4) is 0 Å².